The molecule has 1 saturated heterocycles. The van der Waals surface area contributed by atoms with Crippen molar-refractivity contribution < 1.29 is 48.1 Å². The minimum Gasteiger partial charge on any atom is -0.497 e. The average molecular weight is 546 g/mol. The number of fused-ring (bicyclic) bond motifs is 1. The van der Waals surface area contributed by atoms with E-state index in [2.05, 4.69) is 20.7 Å². The second kappa shape index (κ2) is 10.7. The van der Waals surface area contributed by atoms with Crippen LogP contribution in [-0.4, -0.2) is 79.6 Å². The summed E-state index contributed by atoms with van der Waals surface area (Å²) in [4.78, 5) is 61.2. The zero-order valence-corrected chi connectivity index (χ0v) is 20.9. The van der Waals surface area contributed by atoms with E-state index >= 15 is 0 Å². The molecule has 0 spiro atoms. The maximum absolute atomic E-state index is 13.3. The van der Waals surface area contributed by atoms with Gasteiger partial charge in [0.25, 0.3) is 5.91 Å². The molecule has 1 aromatic carbocycles. The van der Waals surface area contributed by atoms with Crippen molar-refractivity contribution in [1.82, 2.24) is 24.9 Å². The Labute approximate surface area is 218 Å². The van der Waals surface area contributed by atoms with Crippen molar-refractivity contribution in [1.29, 1.82) is 0 Å². The molecule has 1 amide bonds. The number of carbonyl (C=O) groups excluding carboxylic acids is 4. The molecule has 17 heteroatoms. The molecule has 4 unspecified atom stereocenters. The molecule has 0 saturated carbocycles. The topological polar surface area (TPSA) is 212 Å². The SMILES string of the molecule is COc1ccc(C(=O)Nc2nn(O)c3c(=O)n(C4OC(OC(C)=O)C(OC(C)=O)C4OC(C)=O)nnc23)cc1. The van der Waals surface area contributed by atoms with Gasteiger partial charge in [-0.25, -0.2) is 0 Å². The smallest absolute Gasteiger partial charge is 0.305 e. The van der Waals surface area contributed by atoms with Gasteiger partial charge in [0.2, 0.25) is 18.6 Å². The third kappa shape index (κ3) is 5.47. The summed E-state index contributed by atoms with van der Waals surface area (Å²) in [6, 6.07) is 6.08. The highest BCUT2D eigenvalue weighted by atomic mass is 16.8. The summed E-state index contributed by atoms with van der Waals surface area (Å²) in [5, 5.41) is 24.1. The average Bonchev–Trinajstić information content (AvgIpc) is 3.35. The lowest BCUT2D eigenvalue weighted by atomic mass is 10.2. The van der Waals surface area contributed by atoms with Crippen LogP contribution in [0.2, 0.25) is 0 Å². The number of amides is 1. The maximum Gasteiger partial charge on any atom is 0.305 e. The van der Waals surface area contributed by atoms with Crippen LogP contribution >= 0.6 is 0 Å². The fourth-order valence-electron chi connectivity index (χ4n) is 3.79. The standard InChI is InChI=1S/C22H22N6O11/c1-9(29)36-16-17(37-10(2)30)22(38-11(3)31)39-21(16)27-20(33)15-14(24-26-27)18(25-28(15)34)23-19(32)12-5-7-13(35-4)8-6-12/h5-8,16-17,21-22,34H,1-4H3,(H,23,25,32). The van der Waals surface area contributed by atoms with Crippen molar-refractivity contribution in [2.75, 3.05) is 12.4 Å². The van der Waals surface area contributed by atoms with Crippen LogP contribution in [0.5, 0.6) is 5.75 Å². The first kappa shape index (κ1) is 27.0. The van der Waals surface area contributed by atoms with E-state index in [-0.39, 0.29) is 21.7 Å². The monoisotopic (exact) mass is 546 g/mol. The van der Waals surface area contributed by atoms with Crippen molar-refractivity contribution in [3.63, 3.8) is 0 Å². The van der Waals surface area contributed by atoms with Gasteiger partial charge >= 0.3 is 23.5 Å². The fourth-order valence-corrected chi connectivity index (χ4v) is 3.79. The van der Waals surface area contributed by atoms with Crippen molar-refractivity contribution in [2.45, 2.75) is 45.5 Å². The zero-order chi connectivity index (χ0) is 28.4. The summed E-state index contributed by atoms with van der Waals surface area (Å²) >= 11 is 0. The number of aromatic nitrogens is 5. The molecule has 1 fully saturated rings. The van der Waals surface area contributed by atoms with Crippen molar-refractivity contribution in [3.8, 4) is 5.75 Å². The Bertz CT molecular complexity index is 1500. The lowest BCUT2D eigenvalue weighted by Gasteiger charge is -2.22. The first-order valence-corrected chi connectivity index (χ1v) is 11.2. The van der Waals surface area contributed by atoms with Crippen LogP contribution < -0.4 is 15.6 Å². The molecule has 2 aromatic heterocycles. The summed E-state index contributed by atoms with van der Waals surface area (Å²) in [7, 11) is 1.47. The molecule has 1 aliphatic heterocycles. The molecule has 17 nitrogen and oxygen atoms in total. The van der Waals surface area contributed by atoms with Crippen molar-refractivity contribution >= 4 is 40.7 Å². The first-order valence-electron chi connectivity index (χ1n) is 11.2. The van der Waals surface area contributed by atoms with E-state index in [1.807, 2.05) is 0 Å². The highest BCUT2D eigenvalue weighted by Crippen LogP contribution is 2.34. The minimum absolute atomic E-state index is 0.176. The Hall–Kier alpha value is -5.06. The van der Waals surface area contributed by atoms with E-state index in [0.717, 1.165) is 20.8 Å². The molecule has 1 aliphatic rings. The highest BCUT2D eigenvalue weighted by Gasteiger charge is 2.53. The minimum atomic E-state index is -1.61. The third-order valence-electron chi connectivity index (χ3n) is 5.35. The number of anilines is 1. The second-order valence-electron chi connectivity index (χ2n) is 8.11. The third-order valence-corrected chi connectivity index (χ3v) is 5.35. The van der Waals surface area contributed by atoms with Gasteiger partial charge in [0, 0.05) is 26.3 Å². The van der Waals surface area contributed by atoms with Gasteiger partial charge in [-0.05, 0) is 24.3 Å². The van der Waals surface area contributed by atoms with Crippen LogP contribution in [-0.2, 0) is 33.3 Å². The molecule has 0 aliphatic carbocycles. The molecule has 3 heterocycles. The Morgan fingerprint density at radius 1 is 0.974 bits per heavy atom. The largest absolute Gasteiger partial charge is 0.497 e. The predicted molar refractivity (Wildman–Crippen MR) is 124 cm³/mol. The van der Waals surface area contributed by atoms with Gasteiger partial charge in [-0.15, -0.1) is 10.2 Å². The summed E-state index contributed by atoms with van der Waals surface area (Å²) < 4.78 is 26.6. The number of benzene rings is 1. The van der Waals surface area contributed by atoms with Gasteiger partial charge in [-0.1, -0.05) is 10.1 Å². The Balaban J connectivity index is 1.71. The van der Waals surface area contributed by atoms with E-state index in [1.165, 1.54) is 19.2 Å². The summed E-state index contributed by atoms with van der Waals surface area (Å²) in [6.07, 6.45) is -6.17. The van der Waals surface area contributed by atoms with Crippen molar-refractivity contribution in [3.05, 3.63) is 40.2 Å². The van der Waals surface area contributed by atoms with Crippen LogP contribution in [0.1, 0.15) is 37.4 Å². The van der Waals surface area contributed by atoms with Gasteiger partial charge in [-0.3, -0.25) is 24.0 Å². The molecule has 0 bridgehead atoms. The van der Waals surface area contributed by atoms with E-state index < -0.39 is 59.6 Å². The number of carbonyl (C=O) groups is 4. The number of hydrogen-bond donors (Lipinski definition) is 2. The molecule has 39 heavy (non-hydrogen) atoms. The number of rotatable bonds is 7. The molecule has 0 radical (unpaired) electrons. The molecule has 4 rings (SSSR count). The number of nitrogens with zero attached hydrogens (tertiary/aromatic N) is 5. The normalized spacial score (nSPS) is 20.3. The summed E-state index contributed by atoms with van der Waals surface area (Å²) in [6.45, 7) is 3.18. The lowest BCUT2D eigenvalue weighted by Crippen LogP contribution is -2.42. The highest BCUT2D eigenvalue weighted by molar-refractivity contribution is 6.07. The van der Waals surface area contributed by atoms with Gasteiger partial charge in [0.05, 0.1) is 7.11 Å². The fraction of sp³-hybridized carbons (Fsp3) is 0.364. The van der Waals surface area contributed by atoms with E-state index in [9.17, 15) is 29.2 Å². The number of esters is 3. The molecule has 2 N–H and O–H groups in total. The number of nitrogens with one attached hydrogen (secondary N) is 1. The van der Waals surface area contributed by atoms with E-state index in [1.54, 1.807) is 12.1 Å². The number of hydrogen-bond acceptors (Lipinski definition) is 14. The lowest BCUT2D eigenvalue weighted by molar-refractivity contribution is -0.199. The van der Waals surface area contributed by atoms with Gasteiger partial charge in [-0.2, -0.15) is 4.68 Å². The Kier molecular flexibility index (Phi) is 7.43. The van der Waals surface area contributed by atoms with E-state index in [4.69, 9.17) is 23.7 Å². The first-order chi connectivity index (χ1) is 18.5. The predicted octanol–water partition coefficient (Wildman–Crippen LogP) is -0.232. The Morgan fingerprint density at radius 2 is 1.59 bits per heavy atom. The second-order valence-corrected chi connectivity index (χ2v) is 8.11. The molecular formula is C22H22N6O11. The summed E-state index contributed by atoms with van der Waals surface area (Å²) in [5.41, 5.74) is -1.64. The van der Waals surface area contributed by atoms with Gasteiger partial charge in [0.15, 0.2) is 23.0 Å². The van der Waals surface area contributed by atoms with Crippen LogP contribution in [0.25, 0.3) is 11.0 Å². The summed E-state index contributed by atoms with van der Waals surface area (Å²) in [5.74, 6) is -2.88. The van der Waals surface area contributed by atoms with Gasteiger partial charge in [0.1, 0.15) is 5.75 Å². The van der Waals surface area contributed by atoms with E-state index in [0.29, 0.717) is 10.4 Å². The Morgan fingerprint density at radius 3 is 2.18 bits per heavy atom. The molecule has 3 aromatic rings. The number of ether oxygens (including phenoxy) is 5. The molecule has 206 valence electrons. The van der Waals surface area contributed by atoms with Crippen LogP contribution in [0.3, 0.4) is 0 Å². The van der Waals surface area contributed by atoms with Crippen LogP contribution in [0.15, 0.2) is 29.1 Å². The molecule has 4 atom stereocenters. The quantitative estimate of drug-likeness (QED) is 0.223. The maximum atomic E-state index is 13.3. The van der Waals surface area contributed by atoms with Crippen molar-refractivity contribution in [2.24, 2.45) is 0 Å². The van der Waals surface area contributed by atoms with Crippen LogP contribution in [0.4, 0.5) is 5.82 Å². The van der Waals surface area contributed by atoms with Crippen LogP contribution in [0, 0.1) is 0 Å². The number of methoxy groups -OCH3 is 1. The molecular weight excluding hydrogens is 524 g/mol. The zero-order valence-electron chi connectivity index (χ0n) is 20.9. The van der Waals surface area contributed by atoms with Gasteiger partial charge < -0.3 is 34.2 Å².